The van der Waals surface area contributed by atoms with Crippen LogP contribution in [-0.2, 0) is 6.54 Å². The SMILES string of the molecule is Nc1nc(-c2cn(CC3CC3)nn2)cs1. The van der Waals surface area contributed by atoms with Crippen molar-refractivity contribution in [2.24, 2.45) is 5.92 Å². The highest BCUT2D eigenvalue weighted by molar-refractivity contribution is 7.13. The van der Waals surface area contributed by atoms with Crippen LogP contribution in [0.15, 0.2) is 11.6 Å². The number of anilines is 1. The van der Waals surface area contributed by atoms with E-state index in [2.05, 4.69) is 15.3 Å². The summed E-state index contributed by atoms with van der Waals surface area (Å²) in [5.74, 6) is 0.806. The smallest absolute Gasteiger partial charge is 0.180 e. The summed E-state index contributed by atoms with van der Waals surface area (Å²) in [6.07, 6.45) is 4.57. The molecule has 2 heterocycles. The molecule has 3 rings (SSSR count). The first-order valence-electron chi connectivity index (χ1n) is 4.93. The lowest BCUT2D eigenvalue weighted by atomic mass is 10.4. The number of nitrogens with two attached hydrogens (primary N) is 1. The van der Waals surface area contributed by atoms with Gasteiger partial charge in [0.2, 0.25) is 0 Å². The molecule has 0 bridgehead atoms. The minimum absolute atomic E-state index is 0.571. The van der Waals surface area contributed by atoms with Crippen LogP contribution in [0.4, 0.5) is 5.13 Å². The average molecular weight is 221 g/mol. The van der Waals surface area contributed by atoms with Crippen LogP contribution in [0.1, 0.15) is 12.8 Å². The Morgan fingerprint density at radius 1 is 1.47 bits per heavy atom. The van der Waals surface area contributed by atoms with Crippen LogP contribution in [0.5, 0.6) is 0 Å². The molecule has 0 amide bonds. The lowest BCUT2D eigenvalue weighted by Gasteiger charge is -1.93. The average Bonchev–Trinajstić information content (AvgIpc) is 2.74. The maximum atomic E-state index is 5.57. The number of rotatable bonds is 3. The van der Waals surface area contributed by atoms with Gasteiger partial charge in [0.25, 0.3) is 0 Å². The summed E-state index contributed by atoms with van der Waals surface area (Å²) < 4.78 is 1.89. The Labute approximate surface area is 90.9 Å². The highest BCUT2D eigenvalue weighted by Crippen LogP contribution is 2.30. The molecule has 0 aliphatic heterocycles. The summed E-state index contributed by atoms with van der Waals surface area (Å²) in [5.41, 5.74) is 7.19. The van der Waals surface area contributed by atoms with Gasteiger partial charge in [-0.05, 0) is 18.8 Å². The van der Waals surface area contributed by atoms with Crippen molar-refractivity contribution in [3.05, 3.63) is 11.6 Å². The molecule has 0 saturated heterocycles. The fraction of sp³-hybridized carbons (Fsp3) is 0.444. The molecule has 1 fully saturated rings. The molecule has 0 unspecified atom stereocenters. The Morgan fingerprint density at radius 3 is 3.00 bits per heavy atom. The van der Waals surface area contributed by atoms with Crippen molar-refractivity contribution >= 4 is 16.5 Å². The Kier molecular flexibility index (Phi) is 1.95. The van der Waals surface area contributed by atoms with E-state index in [1.807, 2.05) is 16.3 Å². The van der Waals surface area contributed by atoms with Crippen molar-refractivity contribution in [1.29, 1.82) is 0 Å². The fourth-order valence-electron chi connectivity index (χ4n) is 1.48. The number of aromatic nitrogens is 4. The molecule has 15 heavy (non-hydrogen) atoms. The summed E-state index contributed by atoms with van der Waals surface area (Å²) in [7, 11) is 0. The van der Waals surface area contributed by atoms with Gasteiger partial charge in [-0.3, -0.25) is 4.68 Å². The van der Waals surface area contributed by atoms with Gasteiger partial charge in [0.15, 0.2) is 5.13 Å². The zero-order chi connectivity index (χ0) is 10.3. The maximum Gasteiger partial charge on any atom is 0.180 e. The van der Waals surface area contributed by atoms with E-state index in [0.29, 0.717) is 5.13 Å². The zero-order valence-electron chi connectivity index (χ0n) is 8.13. The number of nitrogen functional groups attached to an aromatic ring is 1. The Hall–Kier alpha value is -1.43. The molecule has 1 aliphatic carbocycles. The molecule has 2 N–H and O–H groups in total. The van der Waals surface area contributed by atoms with E-state index in [-0.39, 0.29) is 0 Å². The van der Waals surface area contributed by atoms with Gasteiger partial charge in [-0.1, -0.05) is 5.21 Å². The van der Waals surface area contributed by atoms with Gasteiger partial charge in [0.05, 0.1) is 6.20 Å². The molecule has 78 valence electrons. The van der Waals surface area contributed by atoms with Gasteiger partial charge < -0.3 is 5.73 Å². The number of hydrogen-bond donors (Lipinski definition) is 1. The lowest BCUT2D eigenvalue weighted by Crippen LogP contribution is -1.99. The summed E-state index contributed by atoms with van der Waals surface area (Å²) in [6, 6.07) is 0. The molecule has 0 radical (unpaired) electrons. The second-order valence-electron chi connectivity index (χ2n) is 3.84. The van der Waals surface area contributed by atoms with E-state index in [0.717, 1.165) is 23.9 Å². The van der Waals surface area contributed by atoms with Crippen LogP contribution < -0.4 is 5.73 Å². The van der Waals surface area contributed by atoms with E-state index >= 15 is 0 Å². The molecule has 6 heteroatoms. The maximum absolute atomic E-state index is 5.57. The molecule has 0 spiro atoms. The standard InChI is InChI=1S/C9H11N5S/c10-9-11-8(5-15-9)7-4-14(13-12-7)3-6-1-2-6/h4-6H,1-3H2,(H2,10,11). The highest BCUT2D eigenvalue weighted by Gasteiger charge is 2.22. The minimum Gasteiger partial charge on any atom is -0.375 e. The predicted octanol–water partition coefficient (Wildman–Crippen LogP) is 1.39. The third-order valence-corrected chi connectivity index (χ3v) is 3.14. The number of nitrogens with zero attached hydrogens (tertiary/aromatic N) is 4. The fourth-order valence-corrected chi connectivity index (χ4v) is 2.03. The van der Waals surface area contributed by atoms with Gasteiger partial charge in [-0.2, -0.15) is 0 Å². The van der Waals surface area contributed by atoms with Crippen molar-refractivity contribution in [1.82, 2.24) is 20.0 Å². The largest absolute Gasteiger partial charge is 0.375 e. The van der Waals surface area contributed by atoms with Crippen molar-refractivity contribution < 1.29 is 0 Å². The monoisotopic (exact) mass is 221 g/mol. The second-order valence-corrected chi connectivity index (χ2v) is 4.73. The predicted molar refractivity (Wildman–Crippen MR) is 58.3 cm³/mol. The summed E-state index contributed by atoms with van der Waals surface area (Å²) in [5, 5.41) is 10.6. The van der Waals surface area contributed by atoms with Crippen LogP contribution in [0.2, 0.25) is 0 Å². The lowest BCUT2D eigenvalue weighted by molar-refractivity contribution is 0.544. The van der Waals surface area contributed by atoms with Crippen LogP contribution in [0, 0.1) is 5.92 Å². The summed E-state index contributed by atoms with van der Waals surface area (Å²) >= 11 is 1.42. The molecule has 2 aromatic rings. The molecule has 0 atom stereocenters. The van der Waals surface area contributed by atoms with Gasteiger partial charge >= 0.3 is 0 Å². The number of thiazole rings is 1. The molecular weight excluding hydrogens is 210 g/mol. The Balaban J connectivity index is 1.82. The molecule has 2 aromatic heterocycles. The van der Waals surface area contributed by atoms with Gasteiger partial charge in [0.1, 0.15) is 11.4 Å². The summed E-state index contributed by atoms with van der Waals surface area (Å²) in [6.45, 7) is 0.979. The molecule has 0 aromatic carbocycles. The first kappa shape index (κ1) is 8.84. The van der Waals surface area contributed by atoms with E-state index in [1.54, 1.807) is 0 Å². The highest BCUT2D eigenvalue weighted by atomic mass is 32.1. The minimum atomic E-state index is 0.571. The van der Waals surface area contributed by atoms with Crippen molar-refractivity contribution in [2.45, 2.75) is 19.4 Å². The molecule has 5 nitrogen and oxygen atoms in total. The van der Waals surface area contributed by atoms with Gasteiger partial charge in [-0.15, -0.1) is 16.4 Å². The van der Waals surface area contributed by atoms with E-state index < -0.39 is 0 Å². The molecular formula is C9H11N5S. The second kappa shape index (κ2) is 3.30. The summed E-state index contributed by atoms with van der Waals surface area (Å²) in [4.78, 5) is 4.17. The van der Waals surface area contributed by atoms with E-state index in [4.69, 9.17) is 5.73 Å². The third kappa shape index (κ3) is 1.85. The van der Waals surface area contributed by atoms with Crippen LogP contribution in [-0.4, -0.2) is 20.0 Å². The first-order chi connectivity index (χ1) is 7.31. The van der Waals surface area contributed by atoms with Crippen LogP contribution >= 0.6 is 11.3 Å². The Bertz CT molecular complexity index is 470. The van der Waals surface area contributed by atoms with E-state index in [9.17, 15) is 0 Å². The van der Waals surface area contributed by atoms with E-state index in [1.165, 1.54) is 24.2 Å². The molecule has 1 saturated carbocycles. The quantitative estimate of drug-likeness (QED) is 0.850. The van der Waals surface area contributed by atoms with Crippen LogP contribution in [0.25, 0.3) is 11.4 Å². The van der Waals surface area contributed by atoms with Gasteiger partial charge in [0, 0.05) is 11.9 Å². The number of hydrogen-bond acceptors (Lipinski definition) is 5. The topological polar surface area (TPSA) is 69.6 Å². The zero-order valence-corrected chi connectivity index (χ0v) is 8.94. The van der Waals surface area contributed by atoms with Crippen molar-refractivity contribution in [3.8, 4) is 11.4 Å². The van der Waals surface area contributed by atoms with Gasteiger partial charge in [-0.25, -0.2) is 4.98 Å². The van der Waals surface area contributed by atoms with Crippen molar-refractivity contribution in [2.75, 3.05) is 5.73 Å². The Morgan fingerprint density at radius 2 is 2.33 bits per heavy atom. The van der Waals surface area contributed by atoms with Crippen LogP contribution in [0.3, 0.4) is 0 Å². The van der Waals surface area contributed by atoms with Crippen molar-refractivity contribution in [3.63, 3.8) is 0 Å². The normalized spacial score (nSPS) is 15.7. The first-order valence-corrected chi connectivity index (χ1v) is 5.81. The molecule has 1 aliphatic rings. The third-order valence-electron chi connectivity index (χ3n) is 2.47.